The Labute approximate surface area is 118 Å². The second-order valence-corrected chi connectivity index (χ2v) is 4.81. The molecule has 0 bridgehead atoms. The van der Waals surface area contributed by atoms with Crippen molar-refractivity contribution in [1.29, 1.82) is 0 Å². The highest BCUT2D eigenvalue weighted by atomic mass is 19.1. The van der Waals surface area contributed by atoms with E-state index < -0.39 is 11.8 Å². The van der Waals surface area contributed by atoms with Gasteiger partial charge in [-0.05, 0) is 24.5 Å². The van der Waals surface area contributed by atoms with Gasteiger partial charge in [0, 0.05) is 18.7 Å². The van der Waals surface area contributed by atoms with Crippen LogP contribution >= 0.6 is 0 Å². The zero-order valence-corrected chi connectivity index (χ0v) is 11.9. The molecule has 0 aliphatic carbocycles. The van der Waals surface area contributed by atoms with Crippen LogP contribution in [-0.4, -0.2) is 30.9 Å². The molecule has 3 N–H and O–H groups in total. The van der Waals surface area contributed by atoms with E-state index in [4.69, 9.17) is 9.84 Å². The lowest BCUT2D eigenvalue weighted by atomic mass is 10.0. The van der Waals surface area contributed by atoms with Crippen LogP contribution in [0.4, 0.5) is 14.9 Å². The zero-order valence-electron chi connectivity index (χ0n) is 11.9. The Bertz CT molecular complexity index is 452. The number of ether oxygens (including phenoxy) is 1. The molecule has 0 aromatic heterocycles. The fourth-order valence-corrected chi connectivity index (χ4v) is 1.81. The third kappa shape index (κ3) is 4.70. The number of halogens is 1. The lowest BCUT2D eigenvalue weighted by Gasteiger charge is -2.22. The topological polar surface area (TPSA) is 70.6 Å². The van der Waals surface area contributed by atoms with Crippen LogP contribution in [0.1, 0.15) is 20.3 Å². The Balaban J connectivity index is 2.70. The van der Waals surface area contributed by atoms with Crippen molar-refractivity contribution in [3.63, 3.8) is 0 Å². The van der Waals surface area contributed by atoms with Gasteiger partial charge in [-0.25, -0.2) is 9.18 Å². The Morgan fingerprint density at radius 3 is 2.70 bits per heavy atom. The smallest absolute Gasteiger partial charge is 0.319 e. The molecular weight excluding hydrogens is 263 g/mol. The molecule has 6 heteroatoms. The van der Waals surface area contributed by atoms with Gasteiger partial charge in [0.2, 0.25) is 0 Å². The monoisotopic (exact) mass is 284 g/mol. The van der Waals surface area contributed by atoms with E-state index in [1.54, 1.807) is 0 Å². The number of aliphatic hydroxyl groups excluding tert-OH is 1. The van der Waals surface area contributed by atoms with Gasteiger partial charge < -0.3 is 20.5 Å². The largest absolute Gasteiger partial charge is 0.494 e. The summed E-state index contributed by atoms with van der Waals surface area (Å²) in [6, 6.07) is 3.33. The molecule has 1 rings (SSSR count). The van der Waals surface area contributed by atoms with Gasteiger partial charge in [0.25, 0.3) is 0 Å². The molecule has 0 spiro atoms. The number of hydrogen-bond donors (Lipinski definition) is 3. The van der Waals surface area contributed by atoms with Gasteiger partial charge in [-0.1, -0.05) is 13.8 Å². The quantitative estimate of drug-likeness (QED) is 0.751. The van der Waals surface area contributed by atoms with Crippen molar-refractivity contribution >= 4 is 11.7 Å². The summed E-state index contributed by atoms with van der Waals surface area (Å²) in [5.74, 6) is 0.0135. The highest BCUT2D eigenvalue weighted by molar-refractivity contribution is 5.91. The van der Waals surface area contributed by atoms with E-state index >= 15 is 0 Å². The summed E-state index contributed by atoms with van der Waals surface area (Å²) >= 11 is 0. The number of hydrogen-bond acceptors (Lipinski definition) is 3. The van der Waals surface area contributed by atoms with E-state index in [-0.39, 0.29) is 24.3 Å². The van der Waals surface area contributed by atoms with Crippen molar-refractivity contribution in [3.05, 3.63) is 24.0 Å². The number of methoxy groups -OCH3 is 1. The van der Waals surface area contributed by atoms with E-state index in [1.807, 2.05) is 13.8 Å². The maximum absolute atomic E-state index is 13.1. The maximum Gasteiger partial charge on any atom is 0.319 e. The van der Waals surface area contributed by atoms with Crippen molar-refractivity contribution in [2.45, 2.75) is 26.3 Å². The summed E-state index contributed by atoms with van der Waals surface area (Å²) in [7, 11) is 1.40. The minimum atomic E-state index is -0.437. The molecule has 0 fully saturated rings. The van der Waals surface area contributed by atoms with E-state index in [0.717, 1.165) is 0 Å². The van der Waals surface area contributed by atoms with Crippen molar-refractivity contribution in [1.82, 2.24) is 5.32 Å². The highest BCUT2D eigenvalue weighted by Crippen LogP contribution is 2.24. The molecule has 0 saturated heterocycles. The predicted molar refractivity (Wildman–Crippen MR) is 75.4 cm³/mol. The summed E-state index contributed by atoms with van der Waals surface area (Å²) in [6.07, 6.45) is 0.478. The van der Waals surface area contributed by atoms with Crippen LogP contribution in [0.2, 0.25) is 0 Å². The summed E-state index contributed by atoms with van der Waals surface area (Å²) in [5.41, 5.74) is 0.387. The van der Waals surface area contributed by atoms with E-state index in [1.165, 1.54) is 25.3 Å². The van der Waals surface area contributed by atoms with Crippen LogP contribution in [-0.2, 0) is 0 Å². The molecule has 0 heterocycles. The van der Waals surface area contributed by atoms with Crippen molar-refractivity contribution in [2.24, 2.45) is 5.92 Å². The fraction of sp³-hybridized carbons (Fsp3) is 0.500. The molecule has 112 valence electrons. The Morgan fingerprint density at radius 2 is 2.15 bits per heavy atom. The van der Waals surface area contributed by atoms with Gasteiger partial charge in [-0.3, -0.25) is 0 Å². The minimum absolute atomic E-state index is 0.00297. The van der Waals surface area contributed by atoms with Crippen LogP contribution in [0.25, 0.3) is 0 Å². The van der Waals surface area contributed by atoms with Gasteiger partial charge >= 0.3 is 6.03 Å². The molecule has 0 aliphatic rings. The number of nitrogens with one attached hydrogen (secondary N) is 2. The average Bonchev–Trinajstić information content (AvgIpc) is 2.40. The van der Waals surface area contributed by atoms with E-state index in [9.17, 15) is 9.18 Å². The number of benzene rings is 1. The lowest BCUT2D eigenvalue weighted by Crippen LogP contribution is -2.41. The zero-order chi connectivity index (χ0) is 15.1. The molecule has 1 aromatic carbocycles. The molecule has 2 amide bonds. The first-order chi connectivity index (χ1) is 9.47. The van der Waals surface area contributed by atoms with Crippen LogP contribution in [0.5, 0.6) is 5.75 Å². The Hall–Kier alpha value is -1.82. The molecule has 5 nitrogen and oxygen atoms in total. The number of urea groups is 1. The minimum Gasteiger partial charge on any atom is -0.494 e. The fourth-order valence-electron chi connectivity index (χ4n) is 1.81. The van der Waals surface area contributed by atoms with Gasteiger partial charge in [0.1, 0.15) is 11.6 Å². The molecule has 20 heavy (non-hydrogen) atoms. The number of aliphatic hydroxyl groups is 1. The number of amides is 2. The molecule has 1 unspecified atom stereocenters. The van der Waals surface area contributed by atoms with E-state index in [2.05, 4.69) is 10.6 Å². The summed E-state index contributed by atoms with van der Waals surface area (Å²) in [6.45, 7) is 3.92. The van der Waals surface area contributed by atoms with Crippen LogP contribution < -0.4 is 15.4 Å². The third-order valence-electron chi connectivity index (χ3n) is 2.97. The SMILES string of the molecule is COc1cc(F)ccc1NC(=O)NC(CCO)C(C)C. The lowest BCUT2D eigenvalue weighted by molar-refractivity contribution is 0.227. The molecule has 1 atom stereocenters. The van der Waals surface area contributed by atoms with Crippen LogP contribution in [0.15, 0.2) is 18.2 Å². The first-order valence-electron chi connectivity index (χ1n) is 6.49. The second-order valence-electron chi connectivity index (χ2n) is 4.81. The Kier molecular flexibility index (Phi) is 6.24. The standard InChI is InChI=1S/C14H21FN2O3/c1-9(2)11(6-7-18)16-14(19)17-12-5-4-10(15)8-13(12)20-3/h4-5,8-9,11,18H,6-7H2,1-3H3,(H2,16,17,19). The Morgan fingerprint density at radius 1 is 1.45 bits per heavy atom. The first kappa shape index (κ1) is 16.2. The van der Waals surface area contributed by atoms with Crippen molar-refractivity contribution in [3.8, 4) is 5.75 Å². The second kappa shape index (κ2) is 7.69. The summed E-state index contributed by atoms with van der Waals surface area (Å²) in [4.78, 5) is 11.9. The number of carbonyl (C=O) groups is 1. The first-order valence-corrected chi connectivity index (χ1v) is 6.49. The molecule has 0 radical (unpaired) electrons. The van der Waals surface area contributed by atoms with Crippen LogP contribution in [0.3, 0.4) is 0 Å². The normalized spacial score (nSPS) is 12.1. The molecule has 1 aromatic rings. The molecule has 0 aliphatic heterocycles. The summed E-state index contributed by atoms with van der Waals surface area (Å²) < 4.78 is 18.1. The van der Waals surface area contributed by atoms with Gasteiger partial charge in [0.05, 0.1) is 12.8 Å². The van der Waals surface area contributed by atoms with Gasteiger partial charge in [-0.15, -0.1) is 0 Å². The summed E-state index contributed by atoms with van der Waals surface area (Å²) in [5, 5.41) is 14.3. The van der Waals surface area contributed by atoms with Crippen molar-refractivity contribution in [2.75, 3.05) is 19.0 Å². The molecular formula is C14H21FN2O3. The predicted octanol–water partition coefficient (Wildman–Crippen LogP) is 2.36. The van der Waals surface area contributed by atoms with Gasteiger partial charge in [0.15, 0.2) is 0 Å². The highest BCUT2D eigenvalue weighted by Gasteiger charge is 2.16. The average molecular weight is 284 g/mol. The van der Waals surface area contributed by atoms with Crippen LogP contribution in [0, 0.1) is 11.7 Å². The number of rotatable bonds is 6. The number of carbonyl (C=O) groups excluding carboxylic acids is 1. The molecule has 0 saturated carbocycles. The van der Waals surface area contributed by atoms with E-state index in [0.29, 0.717) is 12.1 Å². The third-order valence-corrected chi connectivity index (χ3v) is 2.97. The number of anilines is 1. The maximum atomic E-state index is 13.1. The van der Waals surface area contributed by atoms with Crippen molar-refractivity contribution < 1.29 is 19.0 Å². The van der Waals surface area contributed by atoms with Gasteiger partial charge in [-0.2, -0.15) is 0 Å².